The second-order valence-electron chi connectivity index (χ2n) is 5.19. The first kappa shape index (κ1) is 12.4. The van der Waals surface area contributed by atoms with Crippen molar-refractivity contribution in [1.82, 2.24) is 9.55 Å². The van der Waals surface area contributed by atoms with Gasteiger partial charge in [-0.25, -0.2) is 9.78 Å². The molecule has 0 aliphatic rings. The zero-order valence-corrected chi connectivity index (χ0v) is 11.0. The van der Waals surface area contributed by atoms with E-state index in [0.29, 0.717) is 5.69 Å². The lowest BCUT2D eigenvalue weighted by atomic mass is 10.2. The molecule has 0 unspecified atom stereocenters. The van der Waals surface area contributed by atoms with Crippen molar-refractivity contribution in [3.05, 3.63) is 24.5 Å². The van der Waals surface area contributed by atoms with Crippen molar-refractivity contribution < 1.29 is 9.53 Å². The van der Waals surface area contributed by atoms with Crippen LogP contribution in [0, 0.1) is 0 Å². The molecule has 0 saturated heterocycles. The van der Waals surface area contributed by atoms with E-state index in [1.54, 1.807) is 12.4 Å². The highest BCUT2D eigenvalue weighted by Gasteiger charge is 2.16. The number of imidazole rings is 1. The number of hydrogen-bond donors (Lipinski definition) is 1. The Balaban J connectivity index is 2.17. The lowest BCUT2D eigenvalue weighted by Crippen LogP contribution is -2.27. The van der Waals surface area contributed by atoms with Crippen LogP contribution in [0.25, 0.3) is 11.0 Å². The molecule has 0 atom stereocenters. The second kappa shape index (κ2) is 4.33. The summed E-state index contributed by atoms with van der Waals surface area (Å²) in [5.41, 5.74) is 2.05. The summed E-state index contributed by atoms with van der Waals surface area (Å²) in [5.74, 6) is 0. The van der Waals surface area contributed by atoms with Crippen molar-refractivity contribution in [3.8, 4) is 0 Å². The zero-order valence-electron chi connectivity index (χ0n) is 11.0. The number of aryl methyl sites for hydroxylation is 1. The van der Waals surface area contributed by atoms with Gasteiger partial charge in [-0.05, 0) is 39.0 Å². The fraction of sp³-hybridized carbons (Fsp3) is 0.385. The summed E-state index contributed by atoms with van der Waals surface area (Å²) in [6, 6.07) is 5.54. The first-order chi connectivity index (χ1) is 8.35. The smallest absolute Gasteiger partial charge is 0.412 e. The zero-order chi connectivity index (χ0) is 13.3. The molecule has 0 aliphatic heterocycles. The SMILES string of the molecule is Cn1cnc2ccc(NC(=O)OC(C)(C)C)cc21. The van der Waals surface area contributed by atoms with Gasteiger partial charge in [0.1, 0.15) is 5.60 Å². The van der Waals surface area contributed by atoms with Gasteiger partial charge >= 0.3 is 6.09 Å². The highest BCUT2D eigenvalue weighted by Crippen LogP contribution is 2.18. The lowest BCUT2D eigenvalue weighted by molar-refractivity contribution is 0.0636. The van der Waals surface area contributed by atoms with Crippen LogP contribution in [0.2, 0.25) is 0 Å². The third kappa shape index (κ3) is 2.80. The van der Waals surface area contributed by atoms with Crippen LogP contribution >= 0.6 is 0 Å². The Labute approximate surface area is 106 Å². The summed E-state index contributed by atoms with van der Waals surface area (Å²) >= 11 is 0. The molecule has 1 aromatic carbocycles. The van der Waals surface area contributed by atoms with Crippen molar-refractivity contribution in [1.29, 1.82) is 0 Å². The average molecular weight is 247 g/mol. The number of amides is 1. The van der Waals surface area contributed by atoms with E-state index >= 15 is 0 Å². The molecule has 1 N–H and O–H groups in total. The number of benzene rings is 1. The van der Waals surface area contributed by atoms with Gasteiger partial charge in [0.2, 0.25) is 0 Å². The van der Waals surface area contributed by atoms with Crippen molar-refractivity contribution in [2.45, 2.75) is 26.4 Å². The van der Waals surface area contributed by atoms with E-state index in [0.717, 1.165) is 11.0 Å². The van der Waals surface area contributed by atoms with Gasteiger partial charge in [-0.15, -0.1) is 0 Å². The van der Waals surface area contributed by atoms with Gasteiger partial charge in [-0.2, -0.15) is 0 Å². The summed E-state index contributed by atoms with van der Waals surface area (Å²) < 4.78 is 7.09. The Hall–Kier alpha value is -2.04. The molecule has 1 heterocycles. The van der Waals surface area contributed by atoms with E-state index in [4.69, 9.17) is 4.74 Å². The highest BCUT2D eigenvalue weighted by atomic mass is 16.6. The van der Waals surface area contributed by atoms with Crippen LogP contribution in [-0.2, 0) is 11.8 Å². The van der Waals surface area contributed by atoms with Crippen LogP contribution in [0.5, 0.6) is 0 Å². The van der Waals surface area contributed by atoms with E-state index in [1.165, 1.54) is 0 Å². The Kier molecular flexibility index (Phi) is 2.98. The van der Waals surface area contributed by atoms with Crippen LogP contribution in [0.15, 0.2) is 24.5 Å². The molecule has 96 valence electrons. The minimum absolute atomic E-state index is 0.455. The predicted octanol–water partition coefficient (Wildman–Crippen LogP) is 2.92. The van der Waals surface area contributed by atoms with Gasteiger partial charge in [0.25, 0.3) is 0 Å². The molecule has 2 aromatic rings. The highest BCUT2D eigenvalue weighted by molar-refractivity contribution is 5.88. The van der Waals surface area contributed by atoms with Gasteiger partial charge < -0.3 is 9.30 Å². The average Bonchev–Trinajstić information content (AvgIpc) is 2.57. The largest absolute Gasteiger partial charge is 0.444 e. The maximum absolute atomic E-state index is 11.6. The lowest BCUT2D eigenvalue weighted by Gasteiger charge is -2.19. The molecule has 1 aromatic heterocycles. The molecule has 1 amide bonds. The number of anilines is 1. The molecule has 5 nitrogen and oxygen atoms in total. The second-order valence-corrected chi connectivity index (χ2v) is 5.19. The monoisotopic (exact) mass is 247 g/mol. The number of nitrogens with zero attached hydrogens (tertiary/aromatic N) is 2. The first-order valence-electron chi connectivity index (χ1n) is 5.76. The summed E-state index contributed by atoms with van der Waals surface area (Å²) in [5, 5.41) is 2.71. The van der Waals surface area contributed by atoms with Crippen molar-refractivity contribution in [2.24, 2.45) is 7.05 Å². The molecule has 0 spiro atoms. The summed E-state index contributed by atoms with van der Waals surface area (Å²) in [7, 11) is 1.91. The van der Waals surface area contributed by atoms with Crippen LogP contribution in [0.3, 0.4) is 0 Å². The van der Waals surface area contributed by atoms with Gasteiger partial charge in [-0.1, -0.05) is 0 Å². The number of aromatic nitrogens is 2. The molecule has 0 saturated carbocycles. The number of rotatable bonds is 1. The first-order valence-corrected chi connectivity index (χ1v) is 5.76. The molecular weight excluding hydrogens is 230 g/mol. The standard InChI is InChI=1S/C13H17N3O2/c1-13(2,3)18-12(17)15-9-5-6-10-11(7-9)16(4)8-14-10/h5-8H,1-4H3,(H,15,17). The van der Waals surface area contributed by atoms with Gasteiger partial charge in [0.05, 0.1) is 17.4 Å². The molecule has 18 heavy (non-hydrogen) atoms. The van der Waals surface area contributed by atoms with Crippen molar-refractivity contribution in [2.75, 3.05) is 5.32 Å². The minimum atomic E-state index is -0.499. The summed E-state index contributed by atoms with van der Waals surface area (Å²) in [6.07, 6.45) is 1.28. The van der Waals surface area contributed by atoms with Crippen LogP contribution in [0.4, 0.5) is 10.5 Å². The van der Waals surface area contributed by atoms with E-state index in [2.05, 4.69) is 10.3 Å². The molecular formula is C13H17N3O2. The number of ether oxygens (including phenoxy) is 1. The Morgan fingerprint density at radius 1 is 1.39 bits per heavy atom. The maximum atomic E-state index is 11.6. The number of carbonyl (C=O) groups is 1. The van der Waals surface area contributed by atoms with Gasteiger partial charge in [0, 0.05) is 12.7 Å². The van der Waals surface area contributed by atoms with E-state index in [-0.39, 0.29) is 0 Å². The van der Waals surface area contributed by atoms with E-state index in [9.17, 15) is 4.79 Å². The van der Waals surface area contributed by atoms with Gasteiger partial charge in [-0.3, -0.25) is 5.32 Å². The molecule has 2 rings (SSSR count). The fourth-order valence-corrected chi connectivity index (χ4v) is 1.63. The predicted molar refractivity (Wildman–Crippen MR) is 70.6 cm³/mol. The van der Waals surface area contributed by atoms with Crippen molar-refractivity contribution in [3.63, 3.8) is 0 Å². The summed E-state index contributed by atoms with van der Waals surface area (Å²) in [4.78, 5) is 15.8. The quantitative estimate of drug-likeness (QED) is 0.843. The number of fused-ring (bicyclic) bond motifs is 1. The molecule has 0 fully saturated rings. The normalized spacial score (nSPS) is 11.6. The Morgan fingerprint density at radius 2 is 2.11 bits per heavy atom. The minimum Gasteiger partial charge on any atom is -0.444 e. The molecule has 0 aliphatic carbocycles. The molecule has 5 heteroatoms. The molecule has 0 radical (unpaired) electrons. The number of nitrogens with one attached hydrogen (secondary N) is 1. The Morgan fingerprint density at radius 3 is 2.78 bits per heavy atom. The topological polar surface area (TPSA) is 56.2 Å². The van der Waals surface area contributed by atoms with Crippen molar-refractivity contribution >= 4 is 22.8 Å². The molecule has 0 bridgehead atoms. The third-order valence-electron chi connectivity index (χ3n) is 2.37. The Bertz CT molecular complexity index is 581. The van der Waals surface area contributed by atoms with E-state index in [1.807, 2.05) is 44.5 Å². The van der Waals surface area contributed by atoms with Crippen LogP contribution in [0.1, 0.15) is 20.8 Å². The number of hydrogen-bond acceptors (Lipinski definition) is 3. The van der Waals surface area contributed by atoms with E-state index < -0.39 is 11.7 Å². The fourth-order valence-electron chi connectivity index (χ4n) is 1.63. The van der Waals surface area contributed by atoms with Crippen LogP contribution < -0.4 is 5.32 Å². The summed E-state index contributed by atoms with van der Waals surface area (Å²) in [6.45, 7) is 5.49. The van der Waals surface area contributed by atoms with Crippen LogP contribution in [-0.4, -0.2) is 21.2 Å². The maximum Gasteiger partial charge on any atom is 0.412 e. The number of carbonyl (C=O) groups excluding carboxylic acids is 1. The van der Waals surface area contributed by atoms with Gasteiger partial charge in [0.15, 0.2) is 0 Å². The third-order valence-corrected chi connectivity index (χ3v) is 2.37.